The molecule has 0 fully saturated rings. The summed E-state index contributed by atoms with van der Waals surface area (Å²) in [5.41, 5.74) is 0.564. The number of halogens is 1. The Labute approximate surface area is 85.1 Å². The van der Waals surface area contributed by atoms with Gasteiger partial charge in [0, 0.05) is 10.0 Å². The molecule has 0 radical (unpaired) electrons. The molecule has 68 valence electrons. The summed E-state index contributed by atoms with van der Waals surface area (Å²) in [5.74, 6) is -0.703. The van der Waals surface area contributed by atoms with Gasteiger partial charge >= 0.3 is 0 Å². The number of ketones is 1. The molecule has 0 aliphatic carbocycles. The fraction of sp³-hybridized carbons (Fsp3) is 0.200. The Morgan fingerprint density at radius 3 is 2.77 bits per heavy atom. The Morgan fingerprint density at radius 2 is 2.23 bits per heavy atom. The Kier molecular flexibility index (Phi) is 3.37. The Bertz CT molecular complexity index is 333. The monoisotopic (exact) mass is 240 g/mol. The maximum Gasteiger partial charge on any atom is 0.172 e. The fourth-order valence-electron chi connectivity index (χ4n) is 0.966. The molecular weight excluding hydrogens is 232 g/mol. The van der Waals surface area contributed by atoms with E-state index in [1.165, 1.54) is 0 Å². The SMILES string of the molecule is CC(C=O)C(=O)c1cccc(Br)c1. The highest BCUT2D eigenvalue weighted by Gasteiger charge is 2.13. The van der Waals surface area contributed by atoms with E-state index >= 15 is 0 Å². The molecule has 0 saturated heterocycles. The van der Waals surface area contributed by atoms with Crippen LogP contribution >= 0.6 is 15.9 Å². The maximum atomic E-state index is 11.5. The lowest BCUT2D eigenvalue weighted by Crippen LogP contribution is -2.12. The van der Waals surface area contributed by atoms with Crippen LogP contribution in [0.4, 0.5) is 0 Å². The number of rotatable bonds is 3. The summed E-state index contributed by atoms with van der Waals surface area (Å²) in [6.45, 7) is 1.59. The number of hydrogen-bond acceptors (Lipinski definition) is 2. The molecule has 0 heterocycles. The van der Waals surface area contributed by atoms with Crippen molar-refractivity contribution in [2.45, 2.75) is 6.92 Å². The fourth-order valence-corrected chi connectivity index (χ4v) is 1.37. The van der Waals surface area contributed by atoms with Crippen molar-refractivity contribution in [2.24, 2.45) is 5.92 Å². The van der Waals surface area contributed by atoms with Crippen molar-refractivity contribution >= 4 is 28.0 Å². The second kappa shape index (κ2) is 4.33. The van der Waals surface area contributed by atoms with Crippen molar-refractivity contribution < 1.29 is 9.59 Å². The first-order valence-corrected chi connectivity index (χ1v) is 4.69. The van der Waals surface area contributed by atoms with E-state index in [-0.39, 0.29) is 5.78 Å². The number of carbonyl (C=O) groups excluding carboxylic acids is 2. The summed E-state index contributed by atoms with van der Waals surface area (Å²) in [6.07, 6.45) is 0.656. The van der Waals surface area contributed by atoms with Crippen molar-refractivity contribution in [3.63, 3.8) is 0 Å². The van der Waals surface area contributed by atoms with Gasteiger partial charge < -0.3 is 4.79 Å². The minimum Gasteiger partial charge on any atom is -0.303 e. The van der Waals surface area contributed by atoms with Gasteiger partial charge in [-0.15, -0.1) is 0 Å². The summed E-state index contributed by atoms with van der Waals surface area (Å²) >= 11 is 3.26. The molecule has 1 aromatic rings. The van der Waals surface area contributed by atoms with Crippen LogP contribution in [-0.2, 0) is 4.79 Å². The van der Waals surface area contributed by atoms with Crippen LogP contribution in [0.3, 0.4) is 0 Å². The highest BCUT2D eigenvalue weighted by Crippen LogP contribution is 2.14. The van der Waals surface area contributed by atoms with Gasteiger partial charge in [0.25, 0.3) is 0 Å². The number of aldehydes is 1. The predicted octanol–water partition coefficient (Wildman–Crippen LogP) is 2.47. The van der Waals surface area contributed by atoms with Gasteiger partial charge in [0.15, 0.2) is 5.78 Å². The summed E-state index contributed by atoms with van der Waals surface area (Å²) in [7, 11) is 0. The van der Waals surface area contributed by atoms with Gasteiger partial charge in [-0.25, -0.2) is 0 Å². The summed E-state index contributed by atoms with van der Waals surface area (Å²) < 4.78 is 0.844. The molecule has 1 aromatic carbocycles. The van der Waals surface area contributed by atoms with Crippen LogP contribution in [0.2, 0.25) is 0 Å². The van der Waals surface area contributed by atoms with E-state index in [0.29, 0.717) is 11.8 Å². The third-order valence-corrected chi connectivity index (χ3v) is 2.22. The third kappa shape index (κ3) is 2.49. The second-order valence-electron chi connectivity index (χ2n) is 2.80. The Morgan fingerprint density at radius 1 is 1.54 bits per heavy atom. The van der Waals surface area contributed by atoms with Gasteiger partial charge in [0.2, 0.25) is 0 Å². The van der Waals surface area contributed by atoms with E-state index in [2.05, 4.69) is 15.9 Å². The number of hydrogen-bond donors (Lipinski definition) is 0. The smallest absolute Gasteiger partial charge is 0.172 e. The number of Topliss-reactive ketones (excluding diaryl/α,β-unsaturated/α-hetero) is 1. The normalized spacial score (nSPS) is 12.2. The van der Waals surface area contributed by atoms with Gasteiger partial charge in [-0.1, -0.05) is 28.1 Å². The van der Waals surface area contributed by atoms with Gasteiger partial charge in [-0.3, -0.25) is 4.79 Å². The highest BCUT2D eigenvalue weighted by molar-refractivity contribution is 9.10. The lowest BCUT2D eigenvalue weighted by Gasteiger charge is -2.02. The molecule has 2 nitrogen and oxygen atoms in total. The molecule has 1 atom stereocenters. The molecule has 1 unspecified atom stereocenters. The minimum absolute atomic E-state index is 0.142. The minimum atomic E-state index is -0.561. The molecule has 0 saturated carbocycles. The van der Waals surface area contributed by atoms with E-state index in [1.54, 1.807) is 25.1 Å². The van der Waals surface area contributed by atoms with Crippen molar-refractivity contribution in [3.8, 4) is 0 Å². The first-order valence-electron chi connectivity index (χ1n) is 3.90. The molecule has 0 aliphatic rings. The molecule has 0 bridgehead atoms. The summed E-state index contributed by atoms with van der Waals surface area (Å²) in [6, 6.07) is 7.02. The summed E-state index contributed by atoms with van der Waals surface area (Å²) in [5, 5.41) is 0. The largest absolute Gasteiger partial charge is 0.303 e. The molecule has 0 aliphatic heterocycles. The highest BCUT2D eigenvalue weighted by atomic mass is 79.9. The topological polar surface area (TPSA) is 34.1 Å². The molecule has 3 heteroatoms. The molecule has 1 rings (SSSR count). The molecule has 0 spiro atoms. The van der Waals surface area contributed by atoms with Crippen LogP contribution < -0.4 is 0 Å². The molecule has 0 amide bonds. The van der Waals surface area contributed by atoms with Crippen molar-refractivity contribution in [1.29, 1.82) is 0 Å². The second-order valence-corrected chi connectivity index (χ2v) is 3.72. The van der Waals surface area contributed by atoms with E-state index < -0.39 is 5.92 Å². The molecule has 0 aromatic heterocycles. The van der Waals surface area contributed by atoms with Gasteiger partial charge in [0.1, 0.15) is 6.29 Å². The number of carbonyl (C=O) groups is 2. The van der Waals surface area contributed by atoms with Crippen molar-refractivity contribution in [3.05, 3.63) is 34.3 Å². The third-order valence-electron chi connectivity index (χ3n) is 1.73. The van der Waals surface area contributed by atoms with Gasteiger partial charge in [0.05, 0.1) is 5.92 Å². The van der Waals surface area contributed by atoms with Crippen LogP contribution in [0.25, 0.3) is 0 Å². The molecule has 0 N–H and O–H groups in total. The standard InChI is InChI=1S/C10H9BrO2/c1-7(6-12)10(13)8-3-2-4-9(11)5-8/h2-7H,1H3. The zero-order chi connectivity index (χ0) is 9.84. The lowest BCUT2D eigenvalue weighted by atomic mass is 10.0. The molecular formula is C10H9BrO2. The maximum absolute atomic E-state index is 11.5. The number of benzene rings is 1. The predicted molar refractivity (Wildman–Crippen MR) is 53.7 cm³/mol. The van der Waals surface area contributed by atoms with Gasteiger partial charge in [-0.2, -0.15) is 0 Å². The quantitative estimate of drug-likeness (QED) is 0.462. The van der Waals surface area contributed by atoms with E-state index in [9.17, 15) is 9.59 Å². The zero-order valence-corrected chi connectivity index (χ0v) is 8.74. The van der Waals surface area contributed by atoms with Crippen LogP contribution in [-0.4, -0.2) is 12.1 Å². The average molecular weight is 241 g/mol. The van der Waals surface area contributed by atoms with E-state index in [1.807, 2.05) is 6.07 Å². The first-order chi connectivity index (χ1) is 6.15. The van der Waals surface area contributed by atoms with Crippen molar-refractivity contribution in [1.82, 2.24) is 0 Å². The van der Waals surface area contributed by atoms with Crippen LogP contribution in [0, 0.1) is 5.92 Å². The summed E-state index contributed by atoms with van der Waals surface area (Å²) in [4.78, 5) is 21.8. The first kappa shape index (κ1) is 10.1. The van der Waals surface area contributed by atoms with Gasteiger partial charge in [-0.05, 0) is 19.1 Å². The van der Waals surface area contributed by atoms with E-state index in [4.69, 9.17) is 0 Å². The average Bonchev–Trinajstić information content (AvgIpc) is 2.15. The van der Waals surface area contributed by atoms with E-state index in [0.717, 1.165) is 4.47 Å². The Hall–Kier alpha value is -0.960. The van der Waals surface area contributed by atoms with Crippen molar-refractivity contribution in [2.75, 3.05) is 0 Å². The molecule has 13 heavy (non-hydrogen) atoms. The lowest BCUT2D eigenvalue weighted by molar-refractivity contribution is -0.109. The van der Waals surface area contributed by atoms with Crippen LogP contribution in [0.1, 0.15) is 17.3 Å². The van der Waals surface area contributed by atoms with Crippen LogP contribution in [0.15, 0.2) is 28.7 Å². The Balaban J connectivity index is 2.95. The zero-order valence-electron chi connectivity index (χ0n) is 7.16. The van der Waals surface area contributed by atoms with Crippen LogP contribution in [0.5, 0.6) is 0 Å².